The van der Waals surface area contributed by atoms with Crippen molar-refractivity contribution in [2.24, 2.45) is 5.92 Å². The van der Waals surface area contributed by atoms with Gasteiger partial charge in [0.1, 0.15) is 11.5 Å². The second-order valence-electron chi connectivity index (χ2n) is 10.5. The number of benzene rings is 2. The highest BCUT2D eigenvalue weighted by Crippen LogP contribution is 2.41. The summed E-state index contributed by atoms with van der Waals surface area (Å²) in [5, 5.41) is 2.08. The molecule has 1 N–H and O–H groups in total. The Balaban J connectivity index is 1.40. The summed E-state index contributed by atoms with van der Waals surface area (Å²) in [5.41, 5.74) is 0.485. The number of carbonyl (C=O) groups is 3. The van der Waals surface area contributed by atoms with Gasteiger partial charge in [0, 0.05) is 33.9 Å². The molecule has 3 atom stereocenters. The lowest BCUT2D eigenvalue weighted by Crippen LogP contribution is -2.60. The molecule has 3 aromatic rings. The highest BCUT2D eigenvalue weighted by Gasteiger charge is 2.53. The van der Waals surface area contributed by atoms with E-state index in [1.807, 2.05) is 0 Å². The lowest BCUT2D eigenvalue weighted by molar-refractivity contribution is -0.153. The maximum absolute atomic E-state index is 16.0. The topological polar surface area (TPSA) is 79.4 Å². The fraction of sp³-hybridized carbons (Fsp3) is 0.333. The zero-order valence-corrected chi connectivity index (χ0v) is 23.2. The number of nitrogens with one attached hydrogen (secondary N) is 1. The molecule has 0 radical (unpaired) electrons. The van der Waals surface area contributed by atoms with Crippen LogP contribution in [0.25, 0.3) is 11.1 Å². The number of fused-ring (bicyclic) bond motifs is 2. The molecule has 2 bridgehead atoms. The fourth-order valence-electron chi connectivity index (χ4n) is 5.76. The Kier molecular flexibility index (Phi) is 7.81. The lowest BCUT2D eigenvalue weighted by Gasteiger charge is -2.41. The molecule has 2 saturated heterocycles. The first-order valence-electron chi connectivity index (χ1n) is 13.1. The highest BCUT2D eigenvalue weighted by atomic mass is 79.9. The number of amides is 2. The van der Waals surface area contributed by atoms with Crippen molar-refractivity contribution in [2.45, 2.75) is 56.7 Å². The smallest absolute Gasteiger partial charge is 0.302 e. The quantitative estimate of drug-likeness (QED) is 0.266. The van der Waals surface area contributed by atoms with E-state index in [2.05, 4.69) is 33.2 Å². The van der Waals surface area contributed by atoms with Crippen LogP contribution in [-0.4, -0.2) is 45.6 Å². The van der Waals surface area contributed by atoms with Crippen LogP contribution in [0.4, 0.5) is 13.2 Å². The van der Waals surface area contributed by atoms with Gasteiger partial charge in [0.2, 0.25) is 0 Å². The third-order valence-electron chi connectivity index (χ3n) is 7.72. The molecule has 3 heterocycles. The number of Topliss-reactive ketones (excluding diaryl/α,β-unsaturated/α-hetero) is 1. The van der Waals surface area contributed by atoms with Gasteiger partial charge in [0.25, 0.3) is 17.6 Å². The average Bonchev–Trinajstić information content (AvgIpc) is 3.22. The van der Waals surface area contributed by atoms with Crippen molar-refractivity contribution in [2.75, 3.05) is 0 Å². The molecule has 2 aliphatic heterocycles. The Morgan fingerprint density at radius 2 is 1.55 bits per heavy atom. The van der Waals surface area contributed by atoms with Gasteiger partial charge in [0.15, 0.2) is 6.04 Å². The maximum Gasteiger partial charge on any atom is 0.302 e. The minimum Gasteiger partial charge on any atom is -0.335 e. The van der Waals surface area contributed by atoms with Crippen LogP contribution in [0.2, 0.25) is 0 Å². The van der Waals surface area contributed by atoms with Gasteiger partial charge in [-0.15, -0.1) is 0 Å². The van der Waals surface area contributed by atoms with Crippen molar-refractivity contribution in [3.8, 4) is 11.1 Å². The van der Waals surface area contributed by atoms with E-state index in [1.165, 1.54) is 71.8 Å². The van der Waals surface area contributed by atoms with Gasteiger partial charge >= 0.3 is 5.92 Å². The summed E-state index contributed by atoms with van der Waals surface area (Å²) in [7, 11) is 0. The number of ketones is 1. The van der Waals surface area contributed by atoms with E-state index in [9.17, 15) is 18.8 Å². The number of nitrogens with zero attached hydrogens (tertiary/aromatic N) is 2. The van der Waals surface area contributed by atoms with E-state index >= 15 is 8.78 Å². The Bertz CT molecular complexity index is 1400. The van der Waals surface area contributed by atoms with Crippen LogP contribution in [0, 0.1) is 11.7 Å². The number of halogens is 4. The predicted molar refractivity (Wildman–Crippen MR) is 146 cm³/mol. The van der Waals surface area contributed by atoms with Crippen LogP contribution < -0.4 is 5.32 Å². The Hall–Kier alpha value is -3.53. The van der Waals surface area contributed by atoms with Gasteiger partial charge in [0.05, 0.1) is 0 Å². The van der Waals surface area contributed by atoms with Crippen molar-refractivity contribution < 1.29 is 27.6 Å². The summed E-state index contributed by atoms with van der Waals surface area (Å²) in [4.78, 5) is 45.3. The van der Waals surface area contributed by atoms with E-state index in [4.69, 9.17) is 0 Å². The number of carbonyl (C=O) groups excluding carboxylic acids is 3. The van der Waals surface area contributed by atoms with Gasteiger partial charge in [-0.1, -0.05) is 53.2 Å². The summed E-state index contributed by atoms with van der Waals surface area (Å²) in [6, 6.07) is 11.0. The summed E-state index contributed by atoms with van der Waals surface area (Å²) in [6.45, 7) is 2.08. The third-order valence-corrected chi connectivity index (χ3v) is 8.25. The van der Waals surface area contributed by atoms with Crippen LogP contribution in [0.1, 0.15) is 48.7 Å². The molecule has 1 aromatic heterocycles. The molecule has 2 aliphatic rings. The van der Waals surface area contributed by atoms with Crippen LogP contribution >= 0.6 is 15.9 Å². The molecule has 2 amide bonds. The standard InChI is InChI=1S/C30H27BrF3N3O3/c1-17-14-23-11-12-24(15-17)37(23)29(40)27(30(33,34)20-5-7-21(31)8-6-20)36-28(39)26(38)25-13-4-19(16-35-25)18-2-9-22(32)10-3-18/h2-10,13,16-17,23-24,27H,11-12,14-15H2,1H3,(H,36,39). The van der Waals surface area contributed by atoms with Crippen LogP contribution in [0.5, 0.6) is 0 Å². The molecule has 5 rings (SSSR count). The number of piperidine rings is 1. The van der Waals surface area contributed by atoms with Gasteiger partial charge < -0.3 is 10.2 Å². The molecule has 3 unspecified atom stereocenters. The molecular weight excluding hydrogens is 587 g/mol. The third kappa shape index (κ3) is 5.54. The molecule has 0 saturated carbocycles. The van der Waals surface area contributed by atoms with Gasteiger partial charge in [-0.3, -0.25) is 19.4 Å². The molecule has 6 nitrogen and oxygen atoms in total. The van der Waals surface area contributed by atoms with E-state index in [-0.39, 0.29) is 17.8 Å². The van der Waals surface area contributed by atoms with Crippen LogP contribution in [-0.2, 0) is 15.5 Å². The average molecular weight is 614 g/mol. The number of hydrogen-bond acceptors (Lipinski definition) is 4. The largest absolute Gasteiger partial charge is 0.335 e. The number of hydrogen-bond donors (Lipinski definition) is 1. The Labute approximate surface area is 238 Å². The molecule has 10 heteroatoms. The van der Waals surface area contributed by atoms with Crippen molar-refractivity contribution in [1.82, 2.24) is 15.2 Å². The summed E-state index contributed by atoms with van der Waals surface area (Å²) >= 11 is 3.22. The Morgan fingerprint density at radius 3 is 2.12 bits per heavy atom. The summed E-state index contributed by atoms with van der Waals surface area (Å²) < 4.78 is 45.7. The first kappa shape index (κ1) is 28.0. The molecule has 2 fully saturated rings. The van der Waals surface area contributed by atoms with Gasteiger partial charge in [-0.05, 0) is 67.5 Å². The first-order valence-corrected chi connectivity index (χ1v) is 13.9. The van der Waals surface area contributed by atoms with Crippen molar-refractivity contribution in [1.29, 1.82) is 0 Å². The minimum absolute atomic E-state index is 0.183. The molecule has 40 heavy (non-hydrogen) atoms. The second-order valence-corrected chi connectivity index (χ2v) is 11.4. The van der Waals surface area contributed by atoms with E-state index in [1.54, 1.807) is 0 Å². The molecule has 0 spiro atoms. The molecule has 2 aromatic carbocycles. The maximum atomic E-state index is 16.0. The first-order chi connectivity index (χ1) is 19.0. The summed E-state index contributed by atoms with van der Waals surface area (Å²) in [6.07, 6.45) is 4.18. The predicted octanol–water partition coefficient (Wildman–Crippen LogP) is 5.90. The van der Waals surface area contributed by atoms with Crippen molar-refractivity contribution in [3.63, 3.8) is 0 Å². The van der Waals surface area contributed by atoms with Crippen LogP contribution in [0.3, 0.4) is 0 Å². The van der Waals surface area contributed by atoms with Crippen molar-refractivity contribution in [3.05, 3.63) is 88.4 Å². The number of pyridine rings is 1. The molecule has 0 aliphatic carbocycles. The van der Waals surface area contributed by atoms with Gasteiger partial charge in [-0.2, -0.15) is 8.78 Å². The zero-order chi connectivity index (χ0) is 28.6. The second kappa shape index (κ2) is 11.2. The zero-order valence-electron chi connectivity index (χ0n) is 21.6. The van der Waals surface area contributed by atoms with E-state index < -0.39 is 40.9 Å². The van der Waals surface area contributed by atoms with E-state index in [0.29, 0.717) is 47.2 Å². The number of rotatable bonds is 7. The molecule has 208 valence electrons. The van der Waals surface area contributed by atoms with E-state index in [0.717, 1.165) is 0 Å². The number of aromatic nitrogens is 1. The SMILES string of the molecule is CC1CC2CCC(C1)N2C(=O)C(NC(=O)C(=O)c1ccc(-c2ccc(F)cc2)cn1)C(F)(F)c1ccc(Br)cc1. The van der Waals surface area contributed by atoms with Crippen molar-refractivity contribution >= 4 is 33.5 Å². The fourth-order valence-corrected chi connectivity index (χ4v) is 6.02. The lowest BCUT2D eigenvalue weighted by atomic mass is 9.90. The van der Waals surface area contributed by atoms with Crippen LogP contribution in [0.15, 0.2) is 71.3 Å². The monoisotopic (exact) mass is 613 g/mol. The minimum atomic E-state index is -3.80. The normalized spacial score (nSPS) is 21.1. The Morgan fingerprint density at radius 1 is 0.950 bits per heavy atom. The highest BCUT2D eigenvalue weighted by molar-refractivity contribution is 9.10. The molecular formula is C30H27BrF3N3O3. The van der Waals surface area contributed by atoms with Gasteiger partial charge in [-0.25, -0.2) is 4.39 Å². The summed E-state index contributed by atoms with van der Waals surface area (Å²) in [5.74, 6) is -7.23. The number of alkyl halides is 2.